The van der Waals surface area contributed by atoms with Gasteiger partial charge in [-0.1, -0.05) is 13.8 Å². The first-order valence-electron chi connectivity index (χ1n) is 7.77. The van der Waals surface area contributed by atoms with Crippen molar-refractivity contribution in [2.45, 2.75) is 70.9 Å². The molecule has 0 atom stereocenters. The van der Waals surface area contributed by atoms with Gasteiger partial charge in [-0.25, -0.2) is 0 Å². The minimum Gasteiger partial charge on any atom is -0.317 e. The van der Waals surface area contributed by atoms with Crippen LogP contribution in [0.25, 0.3) is 0 Å². The van der Waals surface area contributed by atoms with E-state index in [1.165, 1.54) is 64.6 Å². The monoisotopic (exact) mass is 238 g/mol. The molecule has 2 aliphatic rings. The zero-order valence-electron chi connectivity index (χ0n) is 11.8. The summed E-state index contributed by atoms with van der Waals surface area (Å²) in [5.41, 5.74) is 0. The van der Waals surface area contributed by atoms with Crippen molar-refractivity contribution in [2.24, 2.45) is 5.92 Å². The van der Waals surface area contributed by atoms with Gasteiger partial charge >= 0.3 is 0 Å². The summed E-state index contributed by atoms with van der Waals surface area (Å²) in [6.07, 6.45) is 9.86. The topological polar surface area (TPSA) is 15.3 Å². The molecule has 100 valence electrons. The first kappa shape index (κ1) is 13.4. The normalized spacial score (nSPS) is 31.9. The van der Waals surface area contributed by atoms with E-state index < -0.39 is 0 Å². The molecule has 0 aromatic heterocycles. The predicted molar refractivity (Wildman–Crippen MR) is 74.3 cm³/mol. The van der Waals surface area contributed by atoms with Crippen LogP contribution in [0.15, 0.2) is 0 Å². The van der Waals surface area contributed by atoms with Gasteiger partial charge < -0.3 is 5.32 Å². The maximum atomic E-state index is 3.50. The van der Waals surface area contributed by atoms with Gasteiger partial charge in [0.2, 0.25) is 0 Å². The molecule has 0 radical (unpaired) electrons. The molecule has 2 nitrogen and oxygen atoms in total. The van der Waals surface area contributed by atoms with Crippen LogP contribution in [0.5, 0.6) is 0 Å². The Kier molecular flexibility index (Phi) is 5.30. The van der Waals surface area contributed by atoms with Gasteiger partial charge in [-0.05, 0) is 70.5 Å². The van der Waals surface area contributed by atoms with Crippen molar-refractivity contribution in [3.05, 3.63) is 0 Å². The van der Waals surface area contributed by atoms with Crippen LogP contribution in [0.1, 0.15) is 58.8 Å². The highest BCUT2D eigenvalue weighted by molar-refractivity contribution is 4.85. The van der Waals surface area contributed by atoms with E-state index in [4.69, 9.17) is 0 Å². The molecule has 1 N–H and O–H groups in total. The Balaban J connectivity index is 1.90. The van der Waals surface area contributed by atoms with E-state index in [1.807, 2.05) is 0 Å². The maximum absolute atomic E-state index is 3.50. The van der Waals surface area contributed by atoms with Crippen molar-refractivity contribution < 1.29 is 0 Å². The predicted octanol–water partition coefficient (Wildman–Crippen LogP) is 3.03. The lowest BCUT2D eigenvalue weighted by molar-refractivity contribution is 0.0759. The highest BCUT2D eigenvalue weighted by atomic mass is 15.2. The molecular weight excluding hydrogens is 208 g/mol. The van der Waals surface area contributed by atoms with Gasteiger partial charge in [-0.2, -0.15) is 0 Å². The van der Waals surface area contributed by atoms with E-state index in [0.29, 0.717) is 0 Å². The van der Waals surface area contributed by atoms with Crippen LogP contribution in [0.2, 0.25) is 0 Å². The molecule has 0 amide bonds. The maximum Gasteiger partial charge on any atom is 0.0122 e. The van der Waals surface area contributed by atoms with Crippen LogP contribution in [0, 0.1) is 5.92 Å². The summed E-state index contributed by atoms with van der Waals surface area (Å²) in [6.45, 7) is 8.54. The third kappa shape index (κ3) is 3.69. The Morgan fingerprint density at radius 1 is 0.941 bits per heavy atom. The quantitative estimate of drug-likeness (QED) is 0.810. The largest absolute Gasteiger partial charge is 0.317 e. The smallest absolute Gasteiger partial charge is 0.0122 e. The van der Waals surface area contributed by atoms with Crippen molar-refractivity contribution in [1.29, 1.82) is 0 Å². The molecule has 1 aliphatic heterocycles. The van der Waals surface area contributed by atoms with Crippen LogP contribution >= 0.6 is 0 Å². The molecule has 0 spiro atoms. The summed E-state index contributed by atoms with van der Waals surface area (Å²) in [5.74, 6) is 0.975. The second kappa shape index (κ2) is 6.75. The summed E-state index contributed by atoms with van der Waals surface area (Å²) in [6, 6.07) is 1.77. The first-order valence-corrected chi connectivity index (χ1v) is 7.77. The van der Waals surface area contributed by atoms with Crippen molar-refractivity contribution in [3.8, 4) is 0 Å². The standard InChI is InChI=1S/C15H30N2/c1-3-12-17(15-8-10-16-11-9-15)14-6-4-13(2)5-7-14/h13-16H,3-12H2,1-2H3. The summed E-state index contributed by atoms with van der Waals surface area (Å²) in [5, 5.41) is 3.50. The van der Waals surface area contributed by atoms with Crippen LogP contribution in [0.3, 0.4) is 0 Å². The number of nitrogens with zero attached hydrogens (tertiary/aromatic N) is 1. The number of hydrogen-bond acceptors (Lipinski definition) is 2. The molecule has 2 heteroatoms. The fourth-order valence-corrected chi connectivity index (χ4v) is 3.63. The molecule has 17 heavy (non-hydrogen) atoms. The number of nitrogens with one attached hydrogen (secondary N) is 1. The van der Waals surface area contributed by atoms with Gasteiger partial charge in [-0.15, -0.1) is 0 Å². The van der Waals surface area contributed by atoms with Gasteiger partial charge in [0.1, 0.15) is 0 Å². The van der Waals surface area contributed by atoms with E-state index in [1.54, 1.807) is 0 Å². The van der Waals surface area contributed by atoms with Crippen molar-refractivity contribution in [1.82, 2.24) is 10.2 Å². The molecule has 2 rings (SSSR count). The molecule has 0 bridgehead atoms. The van der Waals surface area contributed by atoms with E-state index >= 15 is 0 Å². The van der Waals surface area contributed by atoms with Gasteiger partial charge in [0, 0.05) is 12.1 Å². The van der Waals surface area contributed by atoms with Crippen molar-refractivity contribution >= 4 is 0 Å². The van der Waals surface area contributed by atoms with Crippen molar-refractivity contribution in [2.75, 3.05) is 19.6 Å². The van der Waals surface area contributed by atoms with Gasteiger partial charge in [0.05, 0.1) is 0 Å². The number of piperidine rings is 1. The molecule has 1 saturated carbocycles. The summed E-state index contributed by atoms with van der Waals surface area (Å²) in [4.78, 5) is 2.87. The SMILES string of the molecule is CCCN(C1CCNCC1)C1CCC(C)CC1. The van der Waals surface area contributed by atoms with Crippen LogP contribution in [0.4, 0.5) is 0 Å². The second-order valence-corrected chi connectivity index (χ2v) is 6.13. The Morgan fingerprint density at radius 3 is 2.12 bits per heavy atom. The van der Waals surface area contributed by atoms with Crippen LogP contribution in [-0.4, -0.2) is 36.6 Å². The number of hydrogen-bond donors (Lipinski definition) is 1. The summed E-state index contributed by atoms with van der Waals surface area (Å²) in [7, 11) is 0. The molecule has 0 aromatic rings. The lowest BCUT2D eigenvalue weighted by Gasteiger charge is -2.42. The Bertz CT molecular complexity index is 203. The van der Waals surface area contributed by atoms with Crippen LogP contribution in [-0.2, 0) is 0 Å². The van der Waals surface area contributed by atoms with Gasteiger partial charge in [-0.3, -0.25) is 4.90 Å². The Morgan fingerprint density at radius 2 is 1.53 bits per heavy atom. The Hall–Kier alpha value is -0.0800. The molecule has 0 aromatic carbocycles. The van der Waals surface area contributed by atoms with E-state index in [9.17, 15) is 0 Å². The highest BCUT2D eigenvalue weighted by Gasteiger charge is 2.29. The fraction of sp³-hybridized carbons (Fsp3) is 1.00. The molecule has 0 unspecified atom stereocenters. The van der Waals surface area contributed by atoms with Gasteiger partial charge in [0.15, 0.2) is 0 Å². The van der Waals surface area contributed by atoms with E-state index in [0.717, 1.165) is 18.0 Å². The molecule has 2 fully saturated rings. The number of rotatable bonds is 4. The molecule has 1 heterocycles. The Labute approximate surface area is 107 Å². The van der Waals surface area contributed by atoms with Crippen molar-refractivity contribution in [3.63, 3.8) is 0 Å². The average Bonchev–Trinajstić information content (AvgIpc) is 2.38. The summed E-state index contributed by atoms with van der Waals surface area (Å²) < 4.78 is 0. The minimum absolute atomic E-state index is 0.870. The third-order valence-electron chi connectivity index (χ3n) is 4.71. The second-order valence-electron chi connectivity index (χ2n) is 6.13. The lowest BCUT2D eigenvalue weighted by Crippen LogP contribution is -2.49. The third-order valence-corrected chi connectivity index (χ3v) is 4.71. The molecule has 1 aliphatic carbocycles. The first-order chi connectivity index (χ1) is 8.31. The molecule has 1 saturated heterocycles. The highest BCUT2D eigenvalue weighted by Crippen LogP contribution is 2.29. The molecular formula is C15H30N2. The zero-order valence-corrected chi connectivity index (χ0v) is 11.8. The fourth-order valence-electron chi connectivity index (χ4n) is 3.63. The zero-order chi connectivity index (χ0) is 12.1. The van der Waals surface area contributed by atoms with E-state index in [2.05, 4.69) is 24.1 Å². The lowest BCUT2D eigenvalue weighted by atomic mass is 9.85. The van der Waals surface area contributed by atoms with Gasteiger partial charge in [0.25, 0.3) is 0 Å². The van der Waals surface area contributed by atoms with E-state index in [-0.39, 0.29) is 0 Å². The van der Waals surface area contributed by atoms with Crippen LogP contribution < -0.4 is 5.32 Å². The summed E-state index contributed by atoms with van der Waals surface area (Å²) >= 11 is 0. The minimum atomic E-state index is 0.870. The average molecular weight is 238 g/mol.